The zero-order valence-corrected chi connectivity index (χ0v) is 14.2. The smallest absolute Gasteiger partial charge is 0.319 e. The molecular formula is C18H15FN4O4. The summed E-state index contributed by atoms with van der Waals surface area (Å²) in [6.07, 6.45) is 0. The van der Waals surface area contributed by atoms with E-state index in [9.17, 15) is 24.1 Å². The number of carbonyl (C=O) groups excluding carboxylic acids is 2. The largest absolute Gasteiger partial charge is 0.327 e. The van der Waals surface area contributed by atoms with E-state index in [-0.39, 0.29) is 28.2 Å². The van der Waals surface area contributed by atoms with Crippen LogP contribution in [0.4, 0.5) is 20.6 Å². The summed E-state index contributed by atoms with van der Waals surface area (Å²) in [5.41, 5.74) is 0.523. The van der Waals surface area contributed by atoms with Crippen molar-refractivity contribution >= 4 is 23.3 Å². The van der Waals surface area contributed by atoms with Gasteiger partial charge in [0, 0.05) is 29.1 Å². The van der Waals surface area contributed by atoms with Gasteiger partial charge in [-0.25, -0.2) is 9.18 Å². The summed E-state index contributed by atoms with van der Waals surface area (Å²) >= 11 is 0. The third kappa shape index (κ3) is 3.76. The SMILES string of the molecule is CC1=C(C(=O)Nc2cccc([N+](=O)[O-])c2)[C@@H](c2ccccc2F)NC(=O)N1. The topological polar surface area (TPSA) is 113 Å². The van der Waals surface area contributed by atoms with Gasteiger partial charge in [0.1, 0.15) is 5.82 Å². The van der Waals surface area contributed by atoms with Gasteiger partial charge in [0.05, 0.1) is 16.5 Å². The number of allylic oxidation sites excluding steroid dienone is 1. The van der Waals surface area contributed by atoms with Gasteiger partial charge in [-0.05, 0) is 19.1 Å². The maximum atomic E-state index is 14.2. The van der Waals surface area contributed by atoms with Crippen LogP contribution in [0.2, 0.25) is 0 Å². The molecule has 0 saturated heterocycles. The van der Waals surface area contributed by atoms with Gasteiger partial charge in [0.15, 0.2) is 0 Å². The van der Waals surface area contributed by atoms with E-state index in [4.69, 9.17) is 0 Å². The number of hydrogen-bond acceptors (Lipinski definition) is 4. The van der Waals surface area contributed by atoms with Crippen LogP contribution in [0.25, 0.3) is 0 Å². The van der Waals surface area contributed by atoms with E-state index < -0.39 is 28.7 Å². The lowest BCUT2D eigenvalue weighted by molar-refractivity contribution is -0.384. The highest BCUT2D eigenvalue weighted by molar-refractivity contribution is 6.06. The van der Waals surface area contributed by atoms with E-state index in [0.29, 0.717) is 0 Å². The van der Waals surface area contributed by atoms with Crippen molar-refractivity contribution < 1.29 is 18.9 Å². The van der Waals surface area contributed by atoms with Crippen LogP contribution in [0, 0.1) is 15.9 Å². The molecule has 138 valence electrons. The standard InChI is InChI=1S/C18H15FN4O4/c1-10-15(17(24)21-11-5-4-6-12(9-11)23(26)27)16(22-18(25)20-10)13-7-2-3-8-14(13)19/h2-9,16H,1H3,(H,21,24)(H2,20,22,25)/t16-/m1/s1. The van der Waals surface area contributed by atoms with E-state index in [2.05, 4.69) is 16.0 Å². The lowest BCUT2D eigenvalue weighted by atomic mass is 9.94. The Kier molecular flexibility index (Phi) is 4.84. The van der Waals surface area contributed by atoms with E-state index in [1.54, 1.807) is 6.07 Å². The third-order valence-electron chi connectivity index (χ3n) is 4.04. The summed E-state index contributed by atoms with van der Waals surface area (Å²) in [6.45, 7) is 1.52. The number of amides is 3. The van der Waals surface area contributed by atoms with Crippen molar-refractivity contribution in [3.8, 4) is 0 Å². The minimum absolute atomic E-state index is 0.103. The van der Waals surface area contributed by atoms with Crippen LogP contribution in [0.15, 0.2) is 59.8 Å². The Bertz CT molecular complexity index is 973. The highest BCUT2D eigenvalue weighted by atomic mass is 19.1. The van der Waals surface area contributed by atoms with Crippen LogP contribution < -0.4 is 16.0 Å². The minimum Gasteiger partial charge on any atom is -0.327 e. The molecule has 27 heavy (non-hydrogen) atoms. The first kappa shape index (κ1) is 18.1. The fraction of sp³-hybridized carbons (Fsp3) is 0.111. The molecule has 9 heteroatoms. The van der Waals surface area contributed by atoms with Gasteiger partial charge in [-0.15, -0.1) is 0 Å². The molecule has 1 aliphatic heterocycles. The Morgan fingerprint density at radius 2 is 1.96 bits per heavy atom. The average molecular weight is 370 g/mol. The first-order chi connectivity index (χ1) is 12.9. The van der Waals surface area contributed by atoms with Gasteiger partial charge >= 0.3 is 6.03 Å². The van der Waals surface area contributed by atoms with Crippen LogP contribution in [-0.4, -0.2) is 16.9 Å². The number of carbonyl (C=O) groups is 2. The molecule has 3 N–H and O–H groups in total. The molecule has 0 unspecified atom stereocenters. The number of non-ortho nitro benzene ring substituents is 1. The molecule has 1 atom stereocenters. The summed E-state index contributed by atoms with van der Waals surface area (Å²) < 4.78 is 14.2. The van der Waals surface area contributed by atoms with E-state index in [1.165, 1.54) is 49.4 Å². The summed E-state index contributed by atoms with van der Waals surface area (Å²) in [6, 6.07) is 9.67. The predicted octanol–water partition coefficient (Wildman–Crippen LogP) is 3.00. The number of benzene rings is 2. The summed E-state index contributed by atoms with van der Waals surface area (Å²) in [5.74, 6) is -1.19. The molecule has 0 aliphatic carbocycles. The Labute approximate surface area is 153 Å². The number of hydrogen-bond donors (Lipinski definition) is 3. The highest BCUT2D eigenvalue weighted by Gasteiger charge is 2.32. The number of nitrogens with one attached hydrogen (secondary N) is 3. The van der Waals surface area contributed by atoms with Crippen LogP contribution in [0.5, 0.6) is 0 Å². The molecule has 3 amide bonds. The molecule has 0 fully saturated rings. The van der Waals surface area contributed by atoms with E-state index in [1.807, 2.05) is 0 Å². The number of nitro groups is 1. The minimum atomic E-state index is -1.00. The second-order valence-corrected chi connectivity index (χ2v) is 5.85. The van der Waals surface area contributed by atoms with Crippen LogP contribution >= 0.6 is 0 Å². The monoisotopic (exact) mass is 370 g/mol. The van der Waals surface area contributed by atoms with Gasteiger partial charge in [0.25, 0.3) is 11.6 Å². The summed E-state index contributed by atoms with van der Waals surface area (Å²) in [7, 11) is 0. The molecule has 1 aliphatic rings. The lowest BCUT2D eigenvalue weighted by Gasteiger charge is -2.28. The third-order valence-corrected chi connectivity index (χ3v) is 4.04. The zero-order valence-electron chi connectivity index (χ0n) is 14.2. The Morgan fingerprint density at radius 1 is 1.22 bits per heavy atom. The Morgan fingerprint density at radius 3 is 2.67 bits per heavy atom. The molecule has 0 bridgehead atoms. The van der Waals surface area contributed by atoms with Crippen LogP contribution in [0.3, 0.4) is 0 Å². The van der Waals surface area contributed by atoms with Gasteiger partial charge in [-0.2, -0.15) is 0 Å². The molecule has 8 nitrogen and oxygen atoms in total. The average Bonchev–Trinajstić information content (AvgIpc) is 2.61. The Hall–Kier alpha value is -3.75. The molecule has 1 heterocycles. The maximum absolute atomic E-state index is 14.2. The van der Waals surface area contributed by atoms with Crippen molar-refractivity contribution in [3.63, 3.8) is 0 Å². The molecule has 0 radical (unpaired) electrons. The first-order valence-corrected chi connectivity index (χ1v) is 7.95. The van der Waals surface area contributed by atoms with Crippen LogP contribution in [-0.2, 0) is 4.79 Å². The molecule has 0 spiro atoms. The lowest BCUT2D eigenvalue weighted by Crippen LogP contribution is -2.46. The fourth-order valence-corrected chi connectivity index (χ4v) is 2.83. The van der Waals surface area contributed by atoms with Crippen molar-refractivity contribution in [2.45, 2.75) is 13.0 Å². The number of anilines is 1. The van der Waals surface area contributed by atoms with Crippen molar-refractivity contribution in [1.82, 2.24) is 10.6 Å². The number of halogens is 1. The molecule has 0 saturated carbocycles. The maximum Gasteiger partial charge on any atom is 0.319 e. The normalized spacial score (nSPS) is 16.4. The zero-order chi connectivity index (χ0) is 19.6. The quantitative estimate of drug-likeness (QED) is 0.567. The molecule has 2 aromatic rings. The first-order valence-electron chi connectivity index (χ1n) is 7.95. The van der Waals surface area contributed by atoms with Crippen molar-refractivity contribution in [1.29, 1.82) is 0 Å². The number of nitro benzene ring substituents is 1. The summed E-state index contributed by atoms with van der Waals surface area (Å²) in [4.78, 5) is 34.9. The molecular weight excluding hydrogens is 355 g/mol. The fourth-order valence-electron chi connectivity index (χ4n) is 2.83. The number of urea groups is 1. The second-order valence-electron chi connectivity index (χ2n) is 5.85. The van der Waals surface area contributed by atoms with Crippen molar-refractivity contribution in [3.05, 3.63) is 81.3 Å². The highest BCUT2D eigenvalue weighted by Crippen LogP contribution is 2.29. The van der Waals surface area contributed by atoms with Crippen molar-refractivity contribution in [2.75, 3.05) is 5.32 Å². The number of rotatable bonds is 4. The van der Waals surface area contributed by atoms with Crippen LogP contribution in [0.1, 0.15) is 18.5 Å². The van der Waals surface area contributed by atoms with Gasteiger partial charge in [-0.3, -0.25) is 14.9 Å². The molecule has 0 aromatic heterocycles. The Balaban J connectivity index is 1.96. The molecule has 2 aromatic carbocycles. The summed E-state index contributed by atoms with van der Waals surface area (Å²) in [5, 5.41) is 18.5. The second kappa shape index (κ2) is 7.24. The molecule has 3 rings (SSSR count). The van der Waals surface area contributed by atoms with E-state index in [0.717, 1.165) is 0 Å². The van der Waals surface area contributed by atoms with Crippen molar-refractivity contribution in [2.24, 2.45) is 0 Å². The number of nitrogens with zero attached hydrogens (tertiary/aromatic N) is 1. The van der Waals surface area contributed by atoms with Gasteiger partial charge < -0.3 is 16.0 Å². The van der Waals surface area contributed by atoms with Gasteiger partial charge in [0.2, 0.25) is 0 Å². The predicted molar refractivity (Wildman–Crippen MR) is 95.2 cm³/mol. The van der Waals surface area contributed by atoms with Gasteiger partial charge in [-0.1, -0.05) is 24.3 Å². The van der Waals surface area contributed by atoms with E-state index >= 15 is 0 Å².